The molecule has 19 heavy (non-hydrogen) atoms. The summed E-state index contributed by atoms with van der Waals surface area (Å²) in [5, 5.41) is 0. The van der Waals surface area contributed by atoms with Gasteiger partial charge in [0, 0.05) is 12.1 Å². The molecule has 0 saturated heterocycles. The highest BCUT2D eigenvalue weighted by molar-refractivity contribution is 5.74. The Labute approximate surface area is 113 Å². The maximum atomic E-state index is 10.8. The lowest BCUT2D eigenvalue weighted by atomic mass is 9.98. The Morgan fingerprint density at radius 2 is 1.63 bits per heavy atom. The smallest absolute Gasteiger partial charge is 0.217 e. The second kappa shape index (κ2) is 6.05. The van der Waals surface area contributed by atoms with E-state index in [1.807, 2.05) is 36.4 Å². The van der Waals surface area contributed by atoms with Crippen LogP contribution in [-0.2, 0) is 17.6 Å². The van der Waals surface area contributed by atoms with E-state index in [1.54, 1.807) is 0 Å². The van der Waals surface area contributed by atoms with Crippen molar-refractivity contribution < 1.29 is 4.79 Å². The summed E-state index contributed by atoms with van der Waals surface area (Å²) < 4.78 is 0. The minimum absolute atomic E-state index is 0.298. The Kier molecular flexibility index (Phi) is 4.18. The van der Waals surface area contributed by atoms with Crippen LogP contribution < -0.4 is 11.5 Å². The van der Waals surface area contributed by atoms with Gasteiger partial charge in [-0.05, 0) is 29.5 Å². The summed E-state index contributed by atoms with van der Waals surface area (Å²) in [6, 6.07) is 16.1. The van der Waals surface area contributed by atoms with E-state index in [2.05, 4.69) is 12.1 Å². The third-order valence-electron chi connectivity index (χ3n) is 3.16. The number of benzene rings is 2. The van der Waals surface area contributed by atoms with Gasteiger partial charge < -0.3 is 11.5 Å². The molecule has 0 heterocycles. The number of primary amides is 1. The predicted octanol–water partition coefficient (Wildman–Crippen LogP) is 2.28. The normalized spacial score (nSPS) is 10.3. The summed E-state index contributed by atoms with van der Waals surface area (Å²) in [5.74, 6) is -0.298. The third-order valence-corrected chi connectivity index (χ3v) is 3.16. The zero-order valence-corrected chi connectivity index (χ0v) is 10.8. The first-order valence-electron chi connectivity index (χ1n) is 6.35. The molecule has 3 heteroatoms. The fourth-order valence-corrected chi connectivity index (χ4v) is 2.11. The van der Waals surface area contributed by atoms with Gasteiger partial charge in [-0.3, -0.25) is 4.79 Å². The lowest BCUT2D eigenvalue weighted by molar-refractivity contribution is -0.117. The van der Waals surface area contributed by atoms with Gasteiger partial charge in [0.2, 0.25) is 5.91 Å². The molecular formula is C16H18N2O. The van der Waals surface area contributed by atoms with Crippen LogP contribution in [0.15, 0.2) is 48.5 Å². The van der Waals surface area contributed by atoms with E-state index in [0.29, 0.717) is 12.8 Å². The average Bonchev–Trinajstić information content (AvgIpc) is 2.41. The topological polar surface area (TPSA) is 69.1 Å². The maximum absolute atomic E-state index is 10.8. The third kappa shape index (κ3) is 3.58. The number of carbonyl (C=O) groups is 1. The van der Waals surface area contributed by atoms with Crippen LogP contribution in [0.25, 0.3) is 0 Å². The van der Waals surface area contributed by atoms with E-state index in [0.717, 1.165) is 23.2 Å². The van der Waals surface area contributed by atoms with Gasteiger partial charge in [-0.2, -0.15) is 0 Å². The highest BCUT2D eigenvalue weighted by atomic mass is 16.1. The van der Waals surface area contributed by atoms with E-state index in [4.69, 9.17) is 11.5 Å². The molecule has 0 aliphatic heterocycles. The van der Waals surface area contributed by atoms with Crippen molar-refractivity contribution in [1.29, 1.82) is 0 Å². The van der Waals surface area contributed by atoms with Crippen LogP contribution >= 0.6 is 0 Å². The molecule has 2 aromatic carbocycles. The molecule has 0 unspecified atom stereocenters. The van der Waals surface area contributed by atoms with Gasteiger partial charge in [-0.15, -0.1) is 0 Å². The summed E-state index contributed by atoms with van der Waals surface area (Å²) in [6.07, 6.45) is 1.74. The van der Waals surface area contributed by atoms with Gasteiger partial charge in [0.15, 0.2) is 0 Å². The largest absolute Gasteiger partial charge is 0.398 e. The highest BCUT2D eigenvalue weighted by Crippen LogP contribution is 2.21. The molecule has 4 N–H and O–H groups in total. The van der Waals surface area contributed by atoms with Gasteiger partial charge in [-0.25, -0.2) is 0 Å². The van der Waals surface area contributed by atoms with E-state index >= 15 is 0 Å². The van der Waals surface area contributed by atoms with Gasteiger partial charge in [0.25, 0.3) is 0 Å². The molecular weight excluding hydrogens is 236 g/mol. The molecule has 0 atom stereocenters. The van der Waals surface area contributed by atoms with Crippen LogP contribution in [0, 0.1) is 0 Å². The standard InChI is InChI=1S/C16H18N2O/c17-15(19)10-9-13-7-4-8-14(16(13)18)11-12-5-2-1-3-6-12/h1-8H,9-11,18H2,(H2,17,19). The quantitative estimate of drug-likeness (QED) is 0.804. The van der Waals surface area contributed by atoms with Crippen LogP contribution in [0.4, 0.5) is 5.69 Å². The fourth-order valence-electron chi connectivity index (χ4n) is 2.11. The van der Waals surface area contributed by atoms with Crippen LogP contribution in [0.5, 0.6) is 0 Å². The lowest BCUT2D eigenvalue weighted by Crippen LogP contribution is -2.12. The SMILES string of the molecule is NC(=O)CCc1cccc(Cc2ccccc2)c1N. The van der Waals surface area contributed by atoms with E-state index in [1.165, 1.54) is 5.56 Å². The minimum atomic E-state index is -0.298. The number of hydrogen-bond donors (Lipinski definition) is 2. The van der Waals surface area contributed by atoms with E-state index in [-0.39, 0.29) is 5.91 Å². The Balaban J connectivity index is 2.17. The van der Waals surface area contributed by atoms with Crippen molar-refractivity contribution >= 4 is 11.6 Å². The monoisotopic (exact) mass is 254 g/mol. The minimum Gasteiger partial charge on any atom is -0.398 e. The van der Waals surface area contributed by atoms with Crippen molar-refractivity contribution in [3.05, 3.63) is 65.2 Å². The molecule has 3 nitrogen and oxygen atoms in total. The number of carbonyl (C=O) groups excluding carboxylic acids is 1. The first-order valence-corrected chi connectivity index (χ1v) is 6.35. The first kappa shape index (κ1) is 13.1. The summed E-state index contributed by atoms with van der Waals surface area (Å²) >= 11 is 0. The number of para-hydroxylation sites is 1. The average molecular weight is 254 g/mol. The van der Waals surface area contributed by atoms with Gasteiger partial charge in [0.1, 0.15) is 0 Å². The summed E-state index contributed by atoms with van der Waals surface area (Å²) in [5.41, 5.74) is 15.4. The predicted molar refractivity (Wildman–Crippen MR) is 77.6 cm³/mol. The Bertz CT molecular complexity index is 564. The fraction of sp³-hybridized carbons (Fsp3) is 0.188. The Hall–Kier alpha value is -2.29. The first-order chi connectivity index (χ1) is 9.16. The van der Waals surface area contributed by atoms with Gasteiger partial charge >= 0.3 is 0 Å². The number of rotatable bonds is 5. The zero-order valence-electron chi connectivity index (χ0n) is 10.8. The summed E-state index contributed by atoms with van der Waals surface area (Å²) in [4.78, 5) is 10.8. The molecule has 0 aliphatic carbocycles. The van der Waals surface area contributed by atoms with E-state index in [9.17, 15) is 4.79 Å². The van der Waals surface area contributed by atoms with Crippen LogP contribution in [-0.4, -0.2) is 5.91 Å². The lowest BCUT2D eigenvalue weighted by Gasteiger charge is -2.10. The molecule has 0 spiro atoms. The van der Waals surface area contributed by atoms with Crippen LogP contribution in [0.2, 0.25) is 0 Å². The zero-order chi connectivity index (χ0) is 13.7. The molecule has 0 fully saturated rings. The molecule has 0 bridgehead atoms. The molecule has 2 aromatic rings. The van der Waals surface area contributed by atoms with Crippen molar-refractivity contribution in [2.75, 3.05) is 5.73 Å². The van der Waals surface area contributed by atoms with Crippen LogP contribution in [0.1, 0.15) is 23.1 Å². The Morgan fingerprint density at radius 1 is 0.947 bits per heavy atom. The summed E-state index contributed by atoms with van der Waals surface area (Å²) in [7, 11) is 0. The number of anilines is 1. The van der Waals surface area contributed by atoms with Crippen molar-refractivity contribution in [1.82, 2.24) is 0 Å². The number of hydrogen-bond acceptors (Lipinski definition) is 2. The molecule has 98 valence electrons. The number of nitrogens with two attached hydrogens (primary N) is 2. The molecule has 0 saturated carbocycles. The maximum Gasteiger partial charge on any atom is 0.217 e. The molecule has 0 radical (unpaired) electrons. The van der Waals surface area contributed by atoms with Crippen molar-refractivity contribution in [2.24, 2.45) is 5.73 Å². The second-order valence-electron chi connectivity index (χ2n) is 4.62. The number of aryl methyl sites for hydroxylation is 1. The van der Waals surface area contributed by atoms with Crippen molar-refractivity contribution in [3.63, 3.8) is 0 Å². The molecule has 0 aliphatic rings. The molecule has 2 rings (SSSR count). The highest BCUT2D eigenvalue weighted by Gasteiger charge is 2.06. The van der Waals surface area contributed by atoms with Crippen LogP contribution in [0.3, 0.4) is 0 Å². The van der Waals surface area contributed by atoms with Gasteiger partial charge in [-0.1, -0.05) is 48.5 Å². The van der Waals surface area contributed by atoms with Crippen molar-refractivity contribution in [2.45, 2.75) is 19.3 Å². The Morgan fingerprint density at radius 3 is 2.32 bits per heavy atom. The van der Waals surface area contributed by atoms with Crippen molar-refractivity contribution in [3.8, 4) is 0 Å². The second-order valence-corrected chi connectivity index (χ2v) is 4.62. The summed E-state index contributed by atoms with van der Waals surface area (Å²) in [6.45, 7) is 0. The number of amides is 1. The molecule has 0 aromatic heterocycles. The number of nitrogen functional groups attached to an aromatic ring is 1. The van der Waals surface area contributed by atoms with E-state index < -0.39 is 0 Å². The van der Waals surface area contributed by atoms with Gasteiger partial charge in [0.05, 0.1) is 0 Å². The molecule has 1 amide bonds.